The second kappa shape index (κ2) is 10.9. The Hall–Kier alpha value is 3.10. The summed E-state index contributed by atoms with van der Waals surface area (Å²) >= 11 is 4.98. The van der Waals surface area contributed by atoms with Gasteiger partial charge in [-0.15, -0.1) is 0 Å². The fourth-order valence-corrected chi connectivity index (χ4v) is 5.05. The minimum atomic E-state index is -3.23. The van der Waals surface area contributed by atoms with Gasteiger partial charge in [-0.1, -0.05) is 52.1 Å². The van der Waals surface area contributed by atoms with E-state index in [0.717, 1.165) is 30.9 Å². The van der Waals surface area contributed by atoms with Gasteiger partial charge in [-0.2, -0.15) is 8.42 Å². The van der Waals surface area contributed by atoms with E-state index in [1.165, 1.54) is 21.7 Å². The molecule has 116 valence electrons. The fraction of sp³-hybridized carbons (Fsp3) is 1.00. The third-order valence-electron chi connectivity index (χ3n) is 3.81. The number of hydrogen-bond acceptors (Lipinski definition) is 3. The first kappa shape index (κ1) is 25.3. The maximum absolute atomic E-state index is 10.6. The maximum atomic E-state index is 10.6. The second-order valence-corrected chi connectivity index (χ2v) is 8.76. The standard InChI is InChI=1S/C7H14O3S.C5H8I2.HI.Na/c1-3-7(4-5-7)6-10-11(2,8)9;6-3-5(4-7)1-2-5;;/h3-6H2,1-2H3;1-4H2;1H;/q;;;+1/p-1. The molecule has 0 atom stereocenters. The molecule has 0 aromatic heterocycles. The van der Waals surface area contributed by atoms with Gasteiger partial charge in [0.25, 0.3) is 10.1 Å². The van der Waals surface area contributed by atoms with E-state index in [-0.39, 0.29) is 58.9 Å². The Labute approximate surface area is 190 Å². The summed E-state index contributed by atoms with van der Waals surface area (Å²) in [5.41, 5.74) is 1.00. The summed E-state index contributed by atoms with van der Waals surface area (Å²) in [6.45, 7) is 2.45. The smallest absolute Gasteiger partial charge is 1.00 e. The molecule has 2 aliphatic carbocycles. The van der Waals surface area contributed by atoms with Crippen molar-refractivity contribution in [2.45, 2.75) is 39.0 Å². The van der Waals surface area contributed by atoms with Crippen LogP contribution in [-0.2, 0) is 14.3 Å². The fourth-order valence-electron chi connectivity index (χ4n) is 1.49. The molecule has 0 bridgehead atoms. The van der Waals surface area contributed by atoms with Gasteiger partial charge in [-0.25, -0.2) is 0 Å². The minimum absolute atomic E-state index is 0. The monoisotopic (exact) mass is 650 g/mol. The first-order valence-electron chi connectivity index (χ1n) is 6.27. The van der Waals surface area contributed by atoms with Gasteiger partial charge in [0.1, 0.15) is 0 Å². The predicted molar refractivity (Wildman–Crippen MR) is 92.2 cm³/mol. The molecule has 0 aliphatic heterocycles. The second-order valence-electron chi connectivity index (χ2n) is 5.59. The summed E-state index contributed by atoms with van der Waals surface area (Å²) in [7, 11) is -3.23. The van der Waals surface area contributed by atoms with Crippen LogP contribution in [0.4, 0.5) is 0 Å². The Bertz CT molecular complexity index is 362. The molecule has 0 aromatic rings. The molecule has 0 unspecified atom stereocenters. The average molecular weight is 650 g/mol. The van der Waals surface area contributed by atoms with Crippen LogP contribution in [0.1, 0.15) is 39.0 Å². The number of rotatable bonds is 6. The van der Waals surface area contributed by atoms with E-state index >= 15 is 0 Å². The van der Waals surface area contributed by atoms with Gasteiger partial charge >= 0.3 is 29.6 Å². The molecule has 0 amide bonds. The predicted octanol–water partition coefficient (Wildman–Crippen LogP) is -2.20. The van der Waals surface area contributed by atoms with E-state index in [2.05, 4.69) is 52.1 Å². The third kappa shape index (κ3) is 10.1. The Kier molecular flexibility index (Phi) is 13.8. The molecule has 2 aliphatic rings. The molecule has 3 nitrogen and oxygen atoms in total. The quantitative estimate of drug-likeness (QED) is 0.142. The van der Waals surface area contributed by atoms with E-state index in [4.69, 9.17) is 4.18 Å². The van der Waals surface area contributed by atoms with Gasteiger partial charge < -0.3 is 24.0 Å². The Morgan fingerprint density at radius 3 is 1.60 bits per heavy atom. The average Bonchev–Trinajstić information content (AvgIpc) is 3.22. The summed E-state index contributed by atoms with van der Waals surface area (Å²) in [6.07, 6.45) is 7.30. The first-order chi connectivity index (χ1) is 8.30. The zero-order chi connectivity index (χ0) is 13.9. The zero-order valence-corrected chi connectivity index (χ0v) is 21.7. The van der Waals surface area contributed by atoms with Gasteiger partial charge in [0, 0.05) is 8.86 Å². The van der Waals surface area contributed by atoms with Crippen LogP contribution in [0.3, 0.4) is 0 Å². The summed E-state index contributed by atoms with van der Waals surface area (Å²) in [4.78, 5) is 0. The molecule has 0 N–H and O–H groups in total. The summed E-state index contributed by atoms with van der Waals surface area (Å²) in [5.74, 6) is 0. The normalized spacial score (nSPS) is 20.6. The van der Waals surface area contributed by atoms with E-state index in [1.807, 2.05) is 0 Å². The van der Waals surface area contributed by atoms with Gasteiger partial charge in [-0.3, -0.25) is 4.18 Å². The van der Waals surface area contributed by atoms with Crippen molar-refractivity contribution >= 4 is 55.3 Å². The maximum Gasteiger partial charge on any atom is 1.00 e. The van der Waals surface area contributed by atoms with Crippen molar-refractivity contribution < 1.29 is 66.1 Å². The van der Waals surface area contributed by atoms with Crippen molar-refractivity contribution in [1.29, 1.82) is 0 Å². The Morgan fingerprint density at radius 2 is 1.45 bits per heavy atom. The van der Waals surface area contributed by atoms with Crippen molar-refractivity contribution in [3.63, 3.8) is 0 Å². The largest absolute Gasteiger partial charge is 1.00 e. The molecule has 20 heavy (non-hydrogen) atoms. The number of halogens is 3. The van der Waals surface area contributed by atoms with Crippen molar-refractivity contribution in [1.82, 2.24) is 0 Å². The molecule has 0 aromatic carbocycles. The SMILES string of the molecule is CCC1(COS(C)(=O)=O)CC1.ICC1(CI)CC1.[I-].[Na+]. The van der Waals surface area contributed by atoms with Crippen molar-refractivity contribution in [3.8, 4) is 0 Å². The van der Waals surface area contributed by atoms with Crippen LogP contribution in [0, 0.1) is 10.8 Å². The Morgan fingerprint density at radius 1 is 1.05 bits per heavy atom. The molecular formula is C12H22I3NaO3S. The van der Waals surface area contributed by atoms with E-state index < -0.39 is 10.1 Å². The van der Waals surface area contributed by atoms with Crippen LogP contribution in [0.5, 0.6) is 0 Å². The Balaban J connectivity index is 0. The van der Waals surface area contributed by atoms with Crippen molar-refractivity contribution in [3.05, 3.63) is 0 Å². The number of alkyl halides is 2. The van der Waals surface area contributed by atoms with Crippen LogP contribution in [-0.4, -0.2) is 30.1 Å². The van der Waals surface area contributed by atoms with Crippen LogP contribution >= 0.6 is 45.2 Å². The van der Waals surface area contributed by atoms with Gasteiger partial charge in [-0.05, 0) is 42.9 Å². The molecule has 2 fully saturated rings. The van der Waals surface area contributed by atoms with Gasteiger partial charge in [0.05, 0.1) is 12.9 Å². The molecule has 0 heterocycles. The van der Waals surface area contributed by atoms with Crippen LogP contribution in [0.25, 0.3) is 0 Å². The summed E-state index contributed by atoms with van der Waals surface area (Å²) in [5, 5.41) is 0. The molecular weight excluding hydrogens is 628 g/mol. The van der Waals surface area contributed by atoms with Crippen LogP contribution < -0.4 is 53.5 Å². The van der Waals surface area contributed by atoms with Gasteiger partial charge in [0.2, 0.25) is 0 Å². The molecule has 8 heteroatoms. The zero-order valence-electron chi connectivity index (χ0n) is 12.4. The topological polar surface area (TPSA) is 43.4 Å². The van der Waals surface area contributed by atoms with Gasteiger partial charge in [0.15, 0.2) is 0 Å². The van der Waals surface area contributed by atoms with Crippen molar-refractivity contribution in [2.24, 2.45) is 10.8 Å². The summed E-state index contributed by atoms with van der Waals surface area (Å²) < 4.78 is 28.7. The van der Waals surface area contributed by atoms with Crippen LogP contribution in [0.15, 0.2) is 0 Å². The summed E-state index contributed by atoms with van der Waals surface area (Å²) in [6, 6.07) is 0. The molecule has 2 saturated carbocycles. The molecule has 0 radical (unpaired) electrons. The number of hydrogen-bond donors (Lipinski definition) is 0. The van der Waals surface area contributed by atoms with E-state index in [9.17, 15) is 8.42 Å². The minimum Gasteiger partial charge on any atom is -1.00 e. The molecule has 2 rings (SSSR count). The van der Waals surface area contributed by atoms with E-state index in [1.54, 1.807) is 0 Å². The van der Waals surface area contributed by atoms with Crippen LogP contribution in [0.2, 0.25) is 0 Å². The van der Waals surface area contributed by atoms with E-state index in [0.29, 0.717) is 6.61 Å². The third-order valence-corrected chi connectivity index (χ3v) is 7.59. The van der Waals surface area contributed by atoms with Crippen molar-refractivity contribution in [2.75, 3.05) is 21.7 Å². The first-order valence-corrected chi connectivity index (χ1v) is 11.1. The molecule has 0 spiro atoms. The molecule has 0 saturated heterocycles.